The highest BCUT2D eigenvalue weighted by molar-refractivity contribution is 7.99. The molecule has 1 saturated carbocycles. The van der Waals surface area contributed by atoms with Gasteiger partial charge in [-0.15, -0.1) is 11.8 Å². The van der Waals surface area contributed by atoms with Gasteiger partial charge in [0.25, 0.3) is 0 Å². The zero-order valence-electron chi connectivity index (χ0n) is 13.8. The molecule has 0 bridgehead atoms. The summed E-state index contributed by atoms with van der Waals surface area (Å²) >= 11 is 1.91. The number of hydrogen-bond acceptors (Lipinski definition) is 3. The van der Waals surface area contributed by atoms with E-state index in [0.717, 1.165) is 18.2 Å². The first-order chi connectivity index (χ1) is 10.7. The van der Waals surface area contributed by atoms with E-state index in [2.05, 4.69) is 54.8 Å². The minimum Gasteiger partial charge on any atom is -0.384 e. The molecule has 118 valence electrons. The second-order valence-electron chi connectivity index (χ2n) is 6.24. The third-order valence-corrected chi connectivity index (χ3v) is 5.30. The molecule has 2 aliphatic carbocycles. The molecule has 0 amide bonds. The maximum atomic E-state index is 3.67. The molecular weight excluding hydrogens is 288 g/mol. The van der Waals surface area contributed by atoms with Crippen molar-refractivity contribution < 1.29 is 0 Å². The molecule has 0 heterocycles. The van der Waals surface area contributed by atoms with E-state index in [9.17, 15) is 0 Å². The Labute approximate surface area is 138 Å². The van der Waals surface area contributed by atoms with Crippen LogP contribution in [0.25, 0.3) is 5.57 Å². The van der Waals surface area contributed by atoms with Crippen LogP contribution in [0.3, 0.4) is 0 Å². The second-order valence-corrected chi connectivity index (χ2v) is 7.58. The maximum Gasteiger partial charge on any atom is 0.0472 e. The van der Waals surface area contributed by atoms with Crippen molar-refractivity contribution in [1.29, 1.82) is 0 Å². The maximum absolute atomic E-state index is 3.67. The minimum absolute atomic E-state index is 0.369. The molecule has 0 saturated heterocycles. The predicted molar refractivity (Wildman–Crippen MR) is 98.6 cm³/mol. The molecule has 1 aromatic rings. The third kappa shape index (κ3) is 3.58. The predicted octanol–water partition coefficient (Wildman–Crippen LogP) is 4.55. The number of nitrogens with one attached hydrogen (secondary N) is 2. The van der Waals surface area contributed by atoms with Crippen molar-refractivity contribution in [1.82, 2.24) is 5.32 Å². The minimum atomic E-state index is 0.369. The molecule has 2 aliphatic rings. The number of thioether (sulfide) groups is 1. The van der Waals surface area contributed by atoms with E-state index in [1.807, 2.05) is 18.8 Å². The summed E-state index contributed by atoms with van der Waals surface area (Å²) in [6.45, 7) is 5.52. The van der Waals surface area contributed by atoms with Crippen LogP contribution in [0.1, 0.15) is 32.3 Å². The first-order valence-electron chi connectivity index (χ1n) is 8.29. The Morgan fingerprint density at radius 2 is 2.09 bits per heavy atom. The molecule has 1 unspecified atom stereocenters. The number of rotatable bonds is 7. The molecule has 1 fully saturated rings. The van der Waals surface area contributed by atoms with E-state index in [0.29, 0.717) is 6.04 Å². The molecule has 22 heavy (non-hydrogen) atoms. The van der Waals surface area contributed by atoms with Gasteiger partial charge in [-0.25, -0.2) is 0 Å². The van der Waals surface area contributed by atoms with Gasteiger partial charge in [0.15, 0.2) is 0 Å². The van der Waals surface area contributed by atoms with Gasteiger partial charge in [-0.2, -0.15) is 0 Å². The van der Waals surface area contributed by atoms with Crippen LogP contribution in [0.4, 0.5) is 5.69 Å². The lowest BCUT2D eigenvalue weighted by Gasteiger charge is -2.14. The highest BCUT2D eigenvalue weighted by Crippen LogP contribution is 2.35. The number of anilines is 1. The Morgan fingerprint density at radius 1 is 1.27 bits per heavy atom. The Hall–Kier alpha value is -1.19. The quantitative estimate of drug-likeness (QED) is 0.722. The van der Waals surface area contributed by atoms with Gasteiger partial charge >= 0.3 is 0 Å². The number of benzene rings is 1. The molecule has 0 spiro atoms. The summed E-state index contributed by atoms with van der Waals surface area (Å²) < 4.78 is 0. The van der Waals surface area contributed by atoms with E-state index in [1.54, 1.807) is 0 Å². The first kappa shape index (κ1) is 15.7. The molecule has 1 aromatic carbocycles. The Balaban J connectivity index is 1.89. The number of likely N-dealkylation sites (N-methyl/N-ethyl adjacent to an activating group) is 1. The van der Waals surface area contributed by atoms with E-state index < -0.39 is 0 Å². The monoisotopic (exact) mass is 314 g/mol. The summed E-state index contributed by atoms with van der Waals surface area (Å²) in [5.74, 6) is 2.00. The van der Waals surface area contributed by atoms with Crippen molar-refractivity contribution >= 4 is 23.0 Å². The molecule has 3 heteroatoms. The zero-order chi connectivity index (χ0) is 15.5. The lowest BCUT2D eigenvalue weighted by atomic mass is 10.0. The fourth-order valence-corrected chi connectivity index (χ4v) is 3.62. The van der Waals surface area contributed by atoms with Gasteiger partial charge in [-0.05, 0) is 62.3 Å². The van der Waals surface area contributed by atoms with Gasteiger partial charge < -0.3 is 10.6 Å². The normalized spacial score (nSPS) is 20.8. The lowest BCUT2D eigenvalue weighted by Crippen LogP contribution is -2.21. The van der Waals surface area contributed by atoms with Gasteiger partial charge in [-0.1, -0.05) is 24.6 Å². The largest absolute Gasteiger partial charge is 0.384 e. The van der Waals surface area contributed by atoms with Crippen molar-refractivity contribution in [2.75, 3.05) is 24.7 Å². The van der Waals surface area contributed by atoms with Crippen LogP contribution in [-0.2, 0) is 0 Å². The van der Waals surface area contributed by atoms with E-state index in [-0.39, 0.29) is 0 Å². The average molecular weight is 314 g/mol. The summed E-state index contributed by atoms with van der Waals surface area (Å²) in [6.07, 6.45) is 7.43. The SMILES string of the molecule is CCSc1ccc(NCC2CC2)c(C2=CC(NC)C(C)=C2)c1. The highest BCUT2D eigenvalue weighted by Gasteiger charge is 2.22. The van der Waals surface area contributed by atoms with Crippen LogP contribution in [0.2, 0.25) is 0 Å². The fraction of sp³-hybridized carbons (Fsp3) is 0.474. The Bertz CT molecular complexity index is 599. The molecule has 1 atom stereocenters. The molecule has 2 nitrogen and oxygen atoms in total. The van der Waals surface area contributed by atoms with Crippen LogP contribution in [-0.4, -0.2) is 25.4 Å². The summed E-state index contributed by atoms with van der Waals surface area (Å²) in [4.78, 5) is 1.36. The Kier molecular flexibility index (Phi) is 4.94. The smallest absolute Gasteiger partial charge is 0.0472 e. The van der Waals surface area contributed by atoms with Crippen LogP contribution in [0, 0.1) is 5.92 Å². The lowest BCUT2D eigenvalue weighted by molar-refractivity contribution is 0.762. The van der Waals surface area contributed by atoms with Crippen LogP contribution in [0.15, 0.2) is 40.8 Å². The molecule has 0 aromatic heterocycles. The van der Waals surface area contributed by atoms with Gasteiger partial charge in [0.05, 0.1) is 0 Å². The summed E-state index contributed by atoms with van der Waals surface area (Å²) in [5, 5.41) is 7.03. The third-order valence-electron chi connectivity index (χ3n) is 4.42. The molecular formula is C19H26N2S. The van der Waals surface area contributed by atoms with E-state index in [1.165, 1.54) is 40.1 Å². The molecule has 2 N–H and O–H groups in total. The van der Waals surface area contributed by atoms with Crippen molar-refractivity contribution in [3.63, 3.8) is 0 Å². The summed E-state index contributed by atoms with van der Waals surface area (Å²) in [6, 6.07) is 7.21. The van der Waals surface area contributed by atoms with Gasteiger partial charge in [-0.3, -0.25) is 0 Å². The summed E-state index contributed by atoms with van der Waals surface area (Å²) in [5.41, 5.74) is 5.35. The number of hydrogen-bond donors (Lipinski definition) is 2. The first-order valence-corrected chi connectivity index (χ1v) is 9.28. The van der Waals surface area contributed by atoms with Crippen LogP contribution >= 0.6 is 11.8 Å². The standard InChI is InChI=1S/C19H26N2S/c1-4-22-16-7-8-18(21-12-14-5-6-14)17(11-16)15-9-13(2)19(10-15)20-3/h7-11,14,19-21H,4-6,12H2,1-3H3. The van der Waals surface area contributed by atoms with Crippen molar-refractivity contribution in [3.8, 4) is 0 Å². The molecule has 0 radical (unpaired) electrons. The van der Waals surface area contributed by atoms with Gasteiger partial charge in [0, 0.05) is 28.7 Å². The summed E-state index contributed by atoms with van der Waals surface area (Å²) in [7, 11) is 2.02. The highest BCUT2D eigenvalue weighted by atomic mass is 32.2. The van der Waals surface area contributed by atoms with Crippen molar-refractivity contribution in [3.05, 3.63) is 41.5 Å². The topological polar surface area (TPSA) is 24.1 Å². The van der Waals surface area contributed by atoms with Crippen molar-refractivity contribution in [2.24, 2.45) is 5.92 Å². The second kappa shape index (κ2) is 6.93. The average Bonchev–Trinajstić information content (AvgIpc) is 3.27. The van der Waals surface area contributed by atoms with Crippen LogP contribution in [0.5, 0.6) is 0 Å². The zero-order valence-corrected chi connectivity index (χ0v) is 14.6. The van der Waals surface area contributed by atoms with Crippen LogP contribution < -0.4 is 10.6 Å². The van der Waals surface area contributed by atoms with E-state index in [4.69, 9.17) is 0 Å². The number of allylic oxidation sites excluding steroid dienone is 2. The molecule has 0 aliphatic heterocycles. The van der Waals surface area contributed by atoms with Gasteiger partial charge in [0.2, 0.25) is 0 Å². The fourth-order valence-electron chi connectivity index (χ4n) is 2.92. The Morgan fingerprint density at radius 3 is 2.73 bits per heavy atom. The van der Waals surface area contributed by atoms with Gasteiger partial charge in [0.1, 0.15) is 0 Å². The van der Waals surface area contributed by atoms with Crippen molar-refractivity contribution in [2.45, 2.75) is 37.6 Å². The van der Waals surface area contributed by atoms with E-state index >= 15 is 0 Å². The molecule has 3 rings (SSSR count).